The first kappa shape index (κ1) is 15.3. The number of nitrogens with one attached hydrogen (secondary N) is 1. The molecular weight excluding hydrogens is 316 g/mol. The Hall–Kier alpha value is -2.60. The first-order valence-electron chi connectivity index (χ1n) is 7.06. The van der Waals surface area contributed by atoms with Gasteiger partial charge < -0.3 is 5.32 Å². The van der Waals surface area contributed by atoms with Crippen molar-refractivity contribution in [3.05, 3.63) is 63.3 Å². The fourth-order valence-corrected chi connectivity index (χ4v) is 2.67. The Balaban J connectivity index is 1.85. The summed E-state index contributed by atoms with van der Waals surface area (Å²) in [5.41, 5.74) is 1.68. The SMILES string of the molecule is Cc1ccc(NC(=O)Cn2nc(C)n3cccc3c2=O)c(Cl)c1. The minimum Gasteiger partial charge on any atom is -0.323 e. The van der Waals surface area contributed by atoms with Crippen LogP contribution in [0.2, 0.25) is 5.02 Å². The van der Waals surface area contributed by atoms with Crippen LogP contribution in [0.25, 0.3) is 5.52 Å². The van der Waals surface area contributed by atoms with Gasteiger partial charge in [0, 0.05) is 6.20 Å². The van der Waals surface area contributed by atoms with Crippen molar-refractivity contribution in [2.45, 2.75) is 20.4 Å². The Labute approximate surface area is 137 Å². The van der Waals surface area contributed by atoms with E-state index in [1.54, 1.807) is 41.8 Å². The summed E-state index contributed by atoms with van der Waals surface area (Å²) < 4.78 is 2.84. The van der Waals surface area contributed by atoms with Gasteiger partial charge in [0.15, 0.2) is 0 Å². The molecule has 0 spiro atoms. The summed E-state index contributed by atoms with van der Waals surface area (Å²) in [5.74, 6) is 0.270. The molecule has 0 atom stereocenters. The number of hydrogen-bond donors (Lipinski definition) is 1. The van der Waals surface area contributed by atoms with Crippen LogP contribution in [-0.2, 0) is 11.3 Å². The summed E-state index contributed by atoms with van der Waals surface area (Å²) in [7, 11) is 0. The number of rotatable bonds is 3. The lowest BCUT2D eigenvalue weighted by molar-refractivity contribution is -0.117. The van der Waals surface area contributed by atoms with Gasteiger partial charge in [-0.25, -0.2) is 4.68 Å². The molecule has 0 aliphatic heterocycles. The van der Waals surface area contributed by atoms with E-state index in [0.29, 0.717) is 22.1 Å². The molecule has 118 valence electrons. The highest BCUT2D eigenvalue weighted by Crippen LogP contribution is 2.22. The van der Waals surface area contributed by atoms with E-state index < -0.39 is 0 Å². The fourth-order valence-electron chi connectivity index (χ4n) is 2.39. The van der Waals surface area contributed by atoms with E-state index in [2.05, 4.69) is 10.4 Å². The summed E-state index contributed by atoms with van der Waals surface area (Å²) in [4.78, 5) is 24.5. The van der Waals surface area contributed by atoms with Crippen LogP contribution >= 0.6 is 11.6 Å². The van der Waals surface area contributed by atoms with Crippen LogP contribution in [0.1, 0.15) is 11.4 Å². The van der Waals surface area contributed by atoms with Crippen LogP contribution in [0, 0.1) is 13.8 Å². The average molecular weight is 331 g/mol. The van der Waals surface area contributed by atoms with Crippen molar-refractivity contribution < 1.29 is 4.79 Å². The maximum atomic E-state index is 12.3. The Kier molecular flexibility index (Phi) is 3.92. The molecule has 0 radical (unpaired) electrons. The molecule has 0 unspecified atom stereocenters. The van der Waals surface area contributed by atoms with E-state index in [4.69, 9.17) is 11.6 Å². The highest BCUT2D eigenvalue weighted by atomic mass is 35.5. The molecule has 0 fully saturated rings. The zero-order valence-electron chi connectivity index (χ0n) is 12.7. The average Bonchev–Trinajstić information content (AvgIpc) is 2.98. The second-order valence-corrected chi connectivity index (χ2v) is 5.71. The molecule has 0 aliphatic carbocycles. The van der Waals surface area contributed by atoms with Crippen molar-refractivity contribution in [1.29, 1.82) is 0 Å². The fraction of sp³-hybridized carbons (Fsp3) is 0.188. The molecule has 23 heavy (non-hydrogen) atoms. The smallest absolute Gasteiger partial charge is 0.291 e. The standard InChI is InChI=1S/C16H15ClN4O2/c1-10-5-6-13(12(17)8-10)18-15(22)9-21-16(23)14-4-3-7-20(14)11(2)19-21/h3-8H,9H2,1-2H3,(H,18,22). The number of halogens is 1. The van der Waals surface area contributed by atoms with Crippen molar-refractivity contribution in [1.82, 2.24) is 14.2 Å². The summed E-state index contributed by atoms with van der Waals surface area (Å²) in [5, 5.41) is 7.32. The maximum Gasteiger partial charge on any atom is 0.291 e. The predicted molar refractivity (Wildman–Crippen MR) is 89.0 cm³/mol. The second-order valence-electron chi connectivity index (χ2n) is 5.30. The summed E-state index contributed by atoms with van der Waals surface area (Å²) >= 11 is 6.09. The molecule has 0 aliphatic rings. The van der Waals surface area contributed by atoms with Crippen molar-refractivity contribution >= 4 is 28.7 Å². The quantitative estimate of drug-likeness (QED) is 0.801. The number of fused-ring (bicyclic) bond motifs is 1. The Morgan fingerprint density at radius 1 is 1.30 bits per heavy atom. The van der Waals surface area contributed by atoms with E-state index in [1.807, 2.05) is 13.0 Å². The summed E-state index contributed by atoms with van der Waals surface area (Å²) in [6, 6.07) is 8.80. The van der Waals surface area contributed by atoms with E-state index in [0.717, 1.165) is 10.2 Å². The van der Waals surface area contributed by atoms with Gasteiger partial charge in [-0.2, -0.15) is 5.10 Å². The largest absolute Gasteiger partial charge is 0.323 e. The second kappa shape index (κ2) is 5.89. The number of aromatic nitrogens is 3. The third kappa shape index (κ3) is 2.98. The van der Waals surface area contributed by atoms with Crippen LogP contribution in [0.5, 0.6) is 0 Å². The first-order chi connectivity index (χ1) is 11.0. The first-order valence-corrected chi connectivity index (χ1v) is 7.44. The number of benzene rings is 1. The van der Waals surface area contributed by atoms with Gasteiger partial charge in [-0.15, -0.1) is 0 Å². The summed E-state index contributed by atoms with van der Waals surface area (Å²) in [6.07, 6.45) is 1.76. The van der Waals surface area contributed by atoms with E-state index >= 15 is 0 Å². The number of hydrogen-bond acceptors (Lipinski definition) is 3. The van der Waals surface area contributed by atoms with Crippen molar-refractivity contribution in [3.63, 3.8) is 0 Å². The van der Waals surface area contributed by atoms with Gasteiger partial charge in [-0.1, -0.05) is 17.7 Å². The third-order valence-electron chi connectivity index (χ3n) is 3.51. The molecule has 0 bridgehead atoms. The number of aryl methyl sites for hydroxylation is 2. The predicted octanol–water partition coefficient (Wildman–Crippen LogP) is 2.40. The van der Waals surface area contributed by atoms with E-state index in [-0.39, 0.29) is 18.0 Å². The van der Waals surface area contributed by atoms with Gasteiger partial charge in [-0.3, -0.25) is 14.0 Å². The topological polar surface area (TPSA) is 68.4 Å². The van der Waals surface area contributed by atoms with Crippen LogP contribution < -0.4 is 10.9 Å². The number of carbonyl (C=O) groups is 1. The molecule has 2 heterocycles. The van der Waals surface area contributed by atoms with E-state index in [9.17, 15) is 9.59 Å². The molecular formula is C16H15ClN4O2. The number of carbonyl (C=O) groups excluding carboxylic acids is 1. The molecule has 0 saturated heterocycles. The van der Waals surface area contributed by atoms with Gasteiger partial charge in [0.05, 0.1) is 10.7 Å². The lowest BCUT2D eigenvalue weighted by Crippen LogP contribution is -2.31. The molecule has 3 aromatic rings. The Morgan fingerprint density at radius 3 is 2.83 bits per heavy atom. The highest BCUT2D eigenvalue weighted by molar-refractivity contribution is 6.33. The Bertz CT molecular complexity index is 958. The highest BCUT2D eigenvalue weighted by Gasteiger charge is 2.12. The van der Waals surface area contributed by atoms with Gasteiger partial charge in [0.2, 0.25) is 5.91 Å². The van der Waals surface area contributed by atoms with Gasteiger partial charge >= 0.3 is 0 Å². The lowest BCUT2D eigenvalue weighted by atomic mass is 10.2. The molecule has 7 heteroatoms. The van der Waals surface area contributed by atoms with Crippen molar-refractivity contribution in [3.8, 4) is 0 Å². The van der Waals surface area contributed by atoms with E-state index in [1.165, 1.54) is 0 Å². The molecule has 1 N–H and O–H groups in total. The monoisotopic (exact) mass is 330 g/mol. The molecule has 0 saturated carbocycles. The minimum atomic E-state index is -0.361. The normalized spacial score (nSPS) is 10.9. The van der Waals surface area contributed by atoms with Crippen molar-refractivity contribution in [2.75, 3.05) is 5.32 Å². The maximum absolute atomic E-state index is 12.3. The molecule has 1 amide bonds. The van der Waals surface area contributed by atoms with Crippen LogP contribution in [-0.4, -0.2) is 20.1 Å². The zero-order chi connectivity index (χ0) is 16.6. The van der Waals surface area contributed by atoms with Crippen LogP contribution in [0.4, 0.5) is 5.69 Å². The number of anilines is 1. The van der Waals surface area contributed by atoms with Gasteiger partial charge in [0.1, 0.15) is 17.9 Å². The number of amides is 1. The van der Waals surface area contributed by atoms with Crippen LogP contribution in [0.3, 0.4) is 0 Å². The molecule has 6 nitrogen and oxygen atoms in total. The Morgan fingerprint density at radius 2 is 2.09 bits per heavy atom. The lowest BCUT2D eigenvalue weighted by Gasteiger charge is -2.10. The molecule has 1 aromatic carbocycles. The third-order valence-corrected chi connectivity index (χ3v) is 3.82. The molecule has 3 rings (SSSR count). The minimum absolute atomic E-state index is 0.175. The number of nitrogens with zero attached hydrogens (tertiary/aromatic N) is 3. The zero-order valence-corrected chi connectivity index (χ0v) is 13.5. The van der Waals surface area contributed by atoms with Gasteiger partial charge in [0.25, 0.3) is 5.56 Å². The van der Waals surface area contributed by atoms with Crippen LogP contribution in [0.15, 0.2) is 41.3 Å². The molecule has 2 aromatic heterocycles. The van der Waals surface area contributed by atoms with Crippen molar-refractivity contribution in [2.24, 2.45) is 0 Å². The summed E-state index contributed by atoms with van der Waals surface area (Å²) in [6.45, 7) is 3.51. The van der Waals surface area contributed by atoms with Gasteiger partial charge in [-0.05, 0) is 43.7 Å².